The van der Waals surface area contributed by atoms with E-state index in [0.717, 1.165) is 56.5 Å². The van der Waals surface area contributed by atoms with Crippen molar-refractivity contribution in [2.75, 3.05) is 33.3 Å². The first-order valence-electron chi connectivity index (χ1n) is 10.2. The normalized spacial score (nSPS) is 17.2. The van der Waals surface area contributed by atoms with E-state index in [1.54, 1.807) is 0 Å². The van der Waals surface area contributed by atoms with Crippen LogP contribution in [0, 0.1) is 5.92 Å². The topological polar surface area (TPSA) is 67.0 Å². The minimum Gasteiger partial charge on any atom is -0.376 e. The Bertz CT molecular complexity index is 939. The van der Waals surface area contributed by atoms with Gasteiger partial charge in [0.15, 0.2) is 11.6 Å². The van der Waals surface area contributed by atoms with Gasteiger partial charge in [-0.1, -0.05) is 36.4 Å². The van der Waals surface area contributed by atoms with Crippen molar-refractivity contribution in [3.05, 3.63) is 66.1 Å². The van der Waals surface area contributed by atoms with Gasteiger partial charge in [-0.25, -0.2) is 0 Å². The minimum atomic E-state index is 0.540. The van der Waals surface area contributed by atoms with Gasteiger partial charge in [0.05, 0.1) is 13.2 Å². The minimum absolute atomic E-state index is 0.540. The summed E-state index contributed by atoms with van der Waals surface area (Å²) >= 11 is 0. The molecule has 152 valence electrons. The summed E-state index contributed by atoms with van der Waals surface area (Å²) in [5.74, 6) is 2.44. The number of guanidine groups is 1. The molecule has 3 aromatic rings. The van der Waals surface area contributed by atoms with Gasteiger partial charge in [-0.3, -0.25) is 9.39 Å². The first-order chi connectivity index (χ1) is 14.3. The fourth-order valence-electron chi connectivity index (χ4n) is 3.76. The molecule has 0 bridgehead atoms. The predicted octanol–water partition coefficient (Wildman–Crippen LogP) is 2.39. The van der Waals surface area contributed by atoms with Crippen LogP contribution in [0.5, 0.6) is 0 Å². The smallest absolute Gasteiger partial charge is 0.193 e. The average Bonchev–Trinajstić information content (AvgIpc) is 3.39. The zero-order valence-corrected chi connectivity index (χ0v) is 16.9. The molecular weight excluding hydrogens is 364 g/mol. The molecule has 4 rings (SSSR count). The molecule has 1 saturated heterocycles. The van der Waals surface area contributed by atoms with Crippen molar-refractivity contribution < 1.29 is 4.74 Å². The number of aliphatic imine (C=N–C) groups is 1. The molecule has 1 unspecified atom stereocenters. The summed E-state index contributed by atoms with van der Waals surface area (Å²) in [6, 6.07) is 16.3. The highest BCUT2D eigenvalue weighted by atomic mass is 16.5. The molecule has 1 aromatic carbocycles. The molecule has 3 heterocycles. The highest BCUT2D eigenvalue weighted by Gasteiger charge is 2.25. The largest absolute Gasteiger partial charge is 0.376 e. The third-order valence-corrected chi connectivity index (χ3v) is 5.28. The van der Waals surface area contributed by atoms with E-state index in [9.17, 15) is 0 Å². The molecule has 1 atom stereocenters. The monoisotopic (exact) mass is 392 g/mol. The van der Waals surface area contributed by atoms with E-state index >= 15 is 0 Å². The van der Waals surface area contributed by atoms with Crippen LogP contribution in [-0.4, -0.2) is 58.7 Å². The second kappa shape index (κ2) is 9.52. The summed E-state index contributed by atoms with van der Waals surface area (Å²) in [5.41, 5.74) is 2.10. The fraction of sp³-hybridized carbons (Fsp3) is 0.409. The molecule has 0 radical (unpaired) electrons. The maximum Gasteiger partial charge on any atom is 0.193 e. The molecule has 0 amide bonds. The zero-order chi connectivity index (χ0) is 19.9. The number of pyridine rings is 1. The Morgan fingerprint density at radius 3 is 2.90 bits per heavy atom. The molecule has 7 heteroatoms. The number of likely N-dealkylation sites (tertiary alicyclic amines) is 1. The van der Waals surface area contributed by atoms with E-state index in [2.05, 4.69) is 37.5 Å². The molecule has 0 spiro atoms. The van der Waals surface area contributed by atoms with Crippen LogP contribution in [0.25, 0.3) is 5.65 Å². The maximum atomic E-state index is 5.93. The SMILES string of the molecule is CN=C(NCCc1nnc2ccccn12)N1CCC(COCc2ccccc2)C1. The molecular formula is C22H28N6O. The third kappa shape index (κ3) is 4.92. The first-order valence-corrected chi connectivity index (χ1v) is 10.2. The van der Waals surface area contributed by atoms with Crippen molar-refractivity contribution in [3.8, 4) is 0 Å². The van der Waals surface area contributed by atoms with Gasteiger partial charge in [0.25, 0.3) is 0 Å². The van der Waals surface area contributed by atoms with E-state index in [-0.39, 0.29) is 0 Å². The van der Waals surface area contributed by atoms with Crippen molar-refractivity contribution in [1.82, 2.24) is 24.8 Å². The number of ether oxygens (including phenoxy) is 1. The Morgan fingerprint density at radius 2 is 2.03 bits per heavy atom. The van der Waals surface area contributed by atoms with E-state index in [1.165, 1.54) is 5.56 Å². The molecule has 1 fully saturated rings. The van der Waals surface area contributed by atoms with Gasteiger partial charge in [0.1, 0.15) is 5.82 Å². The lowest BCUT2D eigenvalue weighted by molar-refractivity contribution is 0.0907. The quantitative estimate of drug-likeness (QED) is 0.494. The molecule has 1 aliphatic heterocycles. The second-order valence-electron chi connectivity index (χ2n) is 7.37. The predicted molar refractivity (Wildman–Crippen MR) is 114 cm³/mol. The molecule has 2 aromatic heterocycles. The van der Waals surface area contributed by atoms with Crippen LogP contribution in [0.1, 0.15) is 17.8 Å². The standard InChI is InChI=1S/C22H28N6O/c1-23-22(24-12-10-21-26-25-20-9-5-6-13-28(20)21)27-14-11-19(15-27)17-29-16-18-7-3-2-4-8-18/h2-9,13,19H,10-12,14-17H2,1H3,(H,23,24). The van der Waals surface area contributed by atoms with Crippen LogP contribution in [0.15, 0.2) is 59.7 Å². The van der Waals surface area contributed by atoms with Crippen LogP contribution in [0.3, 0.4) is 0 Å². The number of nitrogens with zero attached hydrogens (tertiary/aromatic N) is 5. The highest BCUT2D eigenvalue weighted by molar-refractivity contribution is 5.80. The molecule has 1 aliphatic rings. The van der Waals surface area contributed by atoms with Crippen molar-refractivity contribution in [1.29, 1.82) is 0 Å². The summed E-state index contributed by atoms with van der Waals surface area (Å²) in [7, 11) is 1.84. The van der Waals surface area contributed by atoms with E-state index in [4.69, 9.17) is 4.74 Å². The Balaban J connectivity index is 1.21. The fourth-order valence-corrected chi connectivity index (χ4v) is 3.76. The third-order valence-electron chi connectivity index (χ3n) is 5.28. The highest BCUT2D eigenvalue weighted by Crippen LogP contribution is 2.17. The van der Waals surface area contributed by atoms with Gasteiger partial charge in [-0.15, -0.1) is 10.2 Å². The first kappa shape index (κ1) is 19.4. The van der Waals surface area contributed by atoms with Gasteiger partial charge < -0.3 is 15.0 Å². The lowest BCUT2D eigenvalue weighted by Gasteiger charge is -2.21. The van der Waals surface area contributed by atoms with Crippen molar-refractivity contribution in [2.24, 2.45) is 10.9 Å². The van der Waals surface area contributed by atoms with Gasteiger partial charge in [0, 0.05) is 45.2 Å². The van der Waals surface area contributed by atoms with E-state index in [0.29, 0.717) is 12.5 Å². The van der Waals surface area contributed by atoms with Crippen LogP contribution in [-0.2, 0) is 17.8 Å². The summed E-state index contributed by atoms with van der Waals surface area (Å²) in [5, 5.41) is 12.0. The number of nitrogens with one attached hydrogen (secondary N) is 1. The van der Waals surface area contributed by atoms with Crippen LogP contribution < -0.4 is 5.32 Å². The molecule has 1 N–H and O–H groups in total. The van der Waals surface area contributed by atoms with E-state index in [1.807, 2.05) is 54.0 Å². The lowest BCUT2D eigenvalue weighted by atomic mass is 10.1. The van der Waals surface area contributed by atoms with Crippen LogP contribution in [0.4, 0.5) is 0 Å². The summed E-state index contributed by atoms with van der Waals surface area (Å²) < 4.78 is 7.96. The number of benzene rings is 1. The van der Waals surface area contributed by atoms with Gasteiger partial charge in [-0.2, -0.15) is 0 Å². The number of rotatable bonds is 7. The Kier molecular flexibility index (Phi) is 6.36. The van der Waals surface area contributed by atoms with Gasteiger partial charge in [0.2, 0.25) is 0 Å². The maximum absolute atomic E-state index is 5.93. The van der Waals surface area contributed by atoms with Crippen LogP contribution in [0.2, 0.25) is 0 Å². The van der Waals surface area contributed by atoms with Crippen LogP contribution >= 0.6 is 0 Å². The molecule has 7 nitrogen and oxygen atoms in total. The summed E-state index contributed by atoms with van der Waals surface area (Å²) in [6.07, 6.45) is 3.92. The Morgan fingerprint density at radius 1 is 1.17 bits per heavy atom. The summed E-state index contributed by atoms with van der Waals surface area (Å²) in [4.78, 5) is 6.78. The van der Waals surface area contributed by atoms with Crippen molar-refractivity contribution >= 4 is 11.6 Å². The Labute approximate surface area is 171 Å². The summed E-state index contributed by atoms with van der Waals surface area (Å²) in [6.45, 7) is 4.22. The number of hydrogen-bond donors (Lipinski definition) is 1. The second-order valence-corrected chi connectivity index (χ2v) is 7.37. The molecule has 29 heavy (non-hydrogen) atoms. The number of fused-ring (bicyclic) bond motifs is 1. The zero-order valence-electron chi connectivity index (χ0n) is 16.9. The van der Waals surface area contributed by atoms with Gasteiger partial charge >= 0.3 is 0 Å². The number of hydrogen-bond acceptors (Lipinski definition) is 4. The van der Waals surface area contributed by atoms with Crippen molar-refractivity contribution in [3.63, 3.8) is 0 Å². The van der Waals surface area contributed by atoms with E-state index < -0.39 is 0 Å². The number of aromatic nitrogens is 3. The average molecular weight is 393 g/mol. The molecule has 0 saturated carbocycles. The Hall–Kier alpha value is -2.93. The van der Waals surface area contributed by atoms with Crippen molar-refractivity contribution in [2.45, 2.75) is 19.4 Å². The van der Waals surface area contributed by atoms with Gasteiger partial charge in [-0.05, 0) is 24.1 Å². The lowest BCUT2D eigenvalue weighted by Crippen LogP contribution is -2.41. The molecule has 0 aliphatic carbocycles.